The van der Waals surface area contributed by atoms with Crippen LogP contribution in [-0.2, 0) is 20.8 Å². The molecular weight excluding hydrogens is 415 g/mol. The highest BCUT2D eigenvalue weighted by Gasteiger charge is 2.38. The fraction of sp³-hybridized carbons (Fsp3) is 0.600. The van der Waals surface area contributed by atoms with Gasteiger partial charge in [-0.25, -0.2) is 13.6 Å². The molecule has 0 saturated heterocycles. The third-order valence-corrected chi connectivity index (χ3v) is 5.65. The summed E-state index contributed by atoms with van der Waals surface area (Å²) in [5.41, 5.74) is 2.32. The van der Waals surface area contributed by atoms with Crippen LogP contribution in [0.4, 0.5) is 8.78 Å². The van der Waals surface area contributed by atoms with Gasteiger partial charge in [0.2, 0.25) is 5.92 Å². The maximum Gasteiger partial charge on any atom is 0.492 e. The van der Waals surface area contributed by atoms with Crippen LogP contribution in [0.1, 0.15) is 61.0 Å². The molecule has 2 aliphatic rings. The van der Waals surface area contributed by atoms with E-state index in [2.05, 4.69) is 5.32 Å². The van der Waals surface area contributed by atoms with Crippen LogP contribution in [0.3, 0.4) is 0 Å². The van der Waals surface area contributed by atoms with Gasteiger partial charge in [0.25, 0.3) is 5.91 Å². The molecule has 10 heteroatoms. The zero-order valence-electron chi connectivity index (χ0n) is 17.3. The first-order valence-corrected chi connectivity index (χ1v) is 9.90. The highest BCUT2D eigenvalue weighted by Crippen LogP contribution is 2.34. The van der Waals surface area contributed by atoms with Gasteiger partial charge in [-0.2, -0.15) is 13.5 Å². The number of esters is 1. The summed E-state index contributed by atoms with van der Waals surface area (Å²) in [5, 5.41) is 12.7. The smallest absolute Gasteiger partial charge is 0.461 e. The van der Waals surface area contributed by atoms with Crippen LogP contribution < -0.4 is 10.8 Å². The van der Waals surface area contributed by atoms with Crippen molar-refractivity contribution >= 4 is 38.0 Å². The summed E-state index contributed by atoms with van der Waals surface area (Å²) in [4.78, 5) is 25.4. The third-order valence-electron chi connectivity index (χ3n) is 5.65. The summed E-state index contributed by atoms with van der Waals surface area (Å²) in [7, 11) is -1.08. The zero-order chi connectivity index (χ0) is 21.3. The Morgan fingerprint density at radius 3 is 2.53 bits per heavy atom. The van der Waals surface area contributed by atoms with E-state index in [0.717, 1.165) is 5.56 Å². The van der Waals surface area contributed by atoms with E-state index < -0.39 is 37.1 Å². The molecule has 0 bridgehead atoms. The first-order valence-electron chi connectivity index (χ1n) is 9.90. The number of amides is 1. The van der Waals surface area contributed by atoms with Gasteiger partial charge in [-0.15, -0.1) is 0 Å². The largest absolute Gasteiger partial charge is 0.492 e. The number of carbonyl (C=O) groups excluding carboxylic acids is 2. The molecule has 0 unspecified atom stereocenters. The summed E-state index contributed by atoms with van der Waals surface area (Å²) >= 11 is 0. The predicted octanol–water partition coefficient (Wildman–Crippen LogP) is 2.20. The highest BCUT2D eigenvalue weighted by molar-refractivity contribution is 7.59. The van der Waals surface area contributed by atoms with E-state index in [1.165, 1.54) is 0 Å². The lowest BCUT2D eigenvalue weighted by Gasteiger charge is -2.30. The van der Waals surface area contributed by atoms with Gasteiger partial charge in [-0.3, -0.25) is 4.79 Å². The summed E-state index contributed by atoms with van der Waals surface area (Å²) in [5.74, 6) is -4.03. The molecule has 1 atom stereocenters. The maximum absolute atomic E-state index is 13.3. The lowest BCUT2D eigenvalue weighted by Crippen LogP contribution is -2.47. The van der Waals surface area contributed by atoms with Gasteiger partial charge in [0.1, 0.15) is 12.1 Å². The van der Waals surface area contributed by atoms with Crippen molar-refractivity contribution in [1.29, 1.82) is 0 Å². The number of halogens is 2. The average molecular weight is 443 g/mol. The number of rotatable bonds is 5. The Bertz CT molecular complexity index is 798. The second-order valence-electron chi connectivity index (χ2n) is 8.16. The van der Waals surface area contributed by atoms with E-state index in [1.807, 2.05) is 0 Å². The highest BCUT2D eigenvalue weighted by atomic mass is 32.1. The van der Waals surface area contributed by atoms with Crippen molar-refractivity contribution in [2.24, 2.45) is 5.92 Å². The van der Waals surface area contributed by atoms with Gasteiger partial charge in [0.15, 0.2) is 0 Å². The summed E-state index contributed by atoms with van der Waals surface area (Å²) < 4.78 is 37.2. The van der Waals surface area contributed by atoms with Crippen LogP contribution in [0.5, 0.6) is 0 Å². The Morgan fingerprint density at radius 2 is 1.93 bits per heavy atom. The van der Waals surface area contributed by atoms with Crippen LogP contribution in [0, 0.1) is 12.8 Å². The molecule has 1 aliphatic carbocycles. The number of alkyl halides is 2. The summed E-state index contributed by atoms with van der Waals surface area (Å²) in [6, 6.07) is 2.45. The lowest BCUT2D eigenvalue weighted by molar-refractivity contribution is -0.158. The first kappa shape index (κ1) is 24.6. The maximum atomic E-state index is 13.3. The van der Waals surface area contributed by atoms with Gasteiger partial charge in [-0.1, -0.05) is 19.9 Å². The molecule has 0 radical (unpaired) electrons. The fourth-order valence-corrected chi connectivity index (χ4v) is 3.84. The number of fused-ring (bicyclic) bond motifs is 1. The van der Waals surface area contributed by atoms with Crippen molar-refractivity contribution in [3.63, 3.8) is 0 Å². The summed E-state index contributed by atoms with van der Waals surface area (Å²) in [6.07, 6.45) is -0.946. The van der Waals surface area contributed by atoms with Gasteiger partial charge in [0.05, 0.1) is 6.61 Å². The SMILES string of the molecule is Cc1c(C(=O)N[C@H](C(=O)OC2CCC(F)(F)CC2)C(C)C)ccc2c1B(O)OC2.S. The molecule has 1 aromatic carbocycles. The normalized spacial score (nSPS) is 19.1. The molecule has 1 aromatic rings. The lowest BCUT2D eigenvalue weighted by atomic mass is 9.75. The number of benzene rings is 1. The molecule has 1 heterocycles. The molecule has 6 nitrogen and oxygen atoms in total. The van der Waals surface area contributed by atoms with Gasteiger partial charge < -0.3 is 19.7 Å². The molecule has 1 amide bonds. The quantitative estimate of drug-likeness (QED) is 0.539. The zero-order valence-corrected chi connectivity index (χ0v) is 18.3. The third kappa shape index (κ3) is 5.33. The van der Waals surface area contributed by atoms with Crippen LogP contribution in [0.25, 0.3) is 0 Å². The predicted molar refractivity (Wildman–Crippen MR) is 113 cm³/mol. The number of hydrogen-bond acceptors (Lipinski definition) is 5. The molecule has 0 aromatic heterocycles. The standard InChI is InChI=1S/C20H26BF2NO5.H2S/c1-11(2)17(19(26)29-14-6-8-20(22,23)9-7-14)24-18(25)15-5-4-13-10-28-21(27)16(13)12(15)3;/h4-5,11,14,17,27H,6-10H2,1-3H3,(H,24,25);1H2/t17-;/m0./s1. The van der Waals surface area contributed by atoms with Crippen molar-refractivity contribution in [3.05, 3.63) is 28.8 Å². The van der Waals surface area contributed by atoms with Crippen molar-refractivity contribution in [3.8, 4) is 0 Å². The van der Waals surface area contributed by atoms with Crippen molar-refractivity contribution in [2.45, 2.75) is 71.1 Å². The Morgan fingerprint density at radius 1 is 1.30 bits per heavy atom. The first-order chi connectivity index (χ1) is 13.6. The Labute approximate surface area is 182 Å². The van der Waals surface area contributed by atoms with Gasteiger partial charge >= 0.3 is 13.1 Å². The molecule has 0 spiro atoms. The Balaban J connectivity index is 0.00000320. The molecule has 1 aliphatic heterocycles. The molecule has 1 saturated carbocycles. The van der Waals surface area contributed by atoms with Crippen LogP contribution in [-0.4, -0.2) is 42.1 Å². The monoisotopic (exact) mass is 443 g/mol. The van der Waals surface area contributed by atoms with E-state index in [-0.39, 0.29) is 51.7 Å². The minimum atomic E-state index is -2.70. The Hall–Kier alpha value is -1.65. The average Bonchev–Trinajstić information content (AvgIpc) is 3.03. The topological polar surface area (TPSA) is 84.9 Å². The van der Waals surface area contributed by atoms with E-state index in [0.29, 0.717) is 16.6 Å². The molecule has 2 N–H and O–H groups in total. The van der Waals surface area contributed by atoms with E-state index in [4.69, 9.17) is 9.39 Å². The summed E-state index contributed by atoms with van der Waals surface area (Å²) in [6.45, 7) is 5.54. The fourth-order valence-electron chi connectivity index (χ4n) is 3.84. The van der Waals surface area contributed by atoms with Crippen molar-refractivity contribution in [2.75, 3.05) is 0 Å². The number of hydrogen-bond donors (Lipinski definition) is 2. The van der Waals surface area contributed by atoms with E-state index in [1.54, 1.807) is 32.9 Å². The van der Waals surface area contributed by atoms with Crippen LogP contribution >= 0.6 is 13.5 Å². The van der Waals surface area contributed by atoms with Crippen molar-refractivity contribution in [1.82, 2.24) is 5.32 Å². The second kappa shape index (κ2) is 9.66. The minimum Gasteiger partial charge on any atom is -0.461 e. The molecule has 30 heavy (non-hydrogen) atoms. The number of carbonyl (C=O) groups is 2. The van der Waals surface area contributed by atoms with Gasteiger partial charge in [0, 0.05) is 18.4 Å². The number of nitrogens with one attached hydrogen (secondary N) is 1. The van der Waals surface area contributed by atoms with Crippen molar-refractivity contribution < 1.29 is 32.8 Å². The number of ether oxygens (including phenoxy) is 1. The molecule has 3 rings (SSSR count). The van der Waals surface area contributed by atoms with Crippen LogP contribution in [0.15, 0.2) is 12.1 Å². The molecule has 1 fully saturated rings. The Kier molecular flexibility index (Phi) is 7.93. The minimum absolute atomic E-state index is 0. The van der Waals surface area contributed by atoms with E-state index >= 15 is 0 Å². The van der Waals surface area contributed by atoms with Crippen LogP contribution in [0.2, 0.25) is 0 Å². The molecular formula is C20H28BF2NO5S. The van der Waals surface area contributed by atoms with Gasteiger partial charge in [-0.05, 0) is 48.3 Å². The second-order valence-corrected chi connectivity index (χ2v) is 8.16. The molecule has 166 valence electrons. The van der Waals surface area contributed by atoms with E-state index in [9.17, 15) is 23.4 Å².